The van der Waals surface area contributed by atoms with Gasteiger partial charge in [0.15, 0.2) is 0 Å². The fourth-order valence-corrected chi connectivity index (χ4v) is 3.80. The van der Waals surface area contributed by atoms with Crippen LogP contribution in [0.4, 0.5) is 11.4 Å². The first-order valence-corrected chi connectivity index (χ1v) is 8.67. The van der Waals surface area contributed by atoms with Gasteiger partial charge in [0.05, 0.1) is 30.1 Å². The second kappa shape index (κ2) is 6.37. The van der Waals surface area contributed by atoms with Gasteiger partial charge < -0.3 is 14.7 Å². The van der Waals surface area contributed by atoms with E-state index >= 15 is 0 Å². The Labute approximate surface area is 147 Å². The van der Waals surface area contributed by atoms with Crippen molar-refractivity contribution in [2.45, 2.75) is 25.4 Å². The zero-order valence-corrected chi connectivity index (χ0v) is 14.6. The third-order valence-corrected chi connectivity index (χ3v) is 4.99. The summed E-state index contributed by atoms with van der Waals surface area (Å²) in [7, 11) is 3.71. The van der Waals surface area contributed by atoms with Crippen molar-refractivity contribution >= 4 is 22.3 Å². The number of anilines is 2. The molecule has 4 rings (SSSR count). The van der Waals surface area contributed by atoms with Crippen LogP contribution in [0.2, 0.25) is 0 Å². The summed E-state index contributed by atoms with van der Waals surface area (Å²) in [6.45, 7) is 0. The van der Waals surface area contributed by atoms with Crippen molar-refractivity contribution in [2.75, 3.05) is 19.1 Å². The van der Waals surface area contributed by atoms with E-state index in [-0.39, 0.29) is 0 Å². The van der Waals surface area contributed by atoms with E-state index in [1.165, 1.54) is 0 Å². The zero-order valence-electron chi connectivity index (χ0n) is 14.6. The first-order valence-electron chi connectivity index (χ1n) is 8.67. The Morgan fingerprint density at radius 3 is 2.72 bits per heavy atom. The van der Waals surface area contributed by atoms with Crippen molar-refractivity contribution in [3.8, 4) is 5.75 Å². The van der Waals surface area contributed by atoms with E-state index in [4.69, 9.17) is 9.72 Å². The Morgan fingerprint density at radius 1 is 1.12 bits per heavy atom. The Hall–Kier alpha value is -2.59. The van der Waals surface area contributed by atoms with Gasteiger partial charge in [0.1, 0.15) is 5.75 Å². The minimum atomic E-state index is -0.479. The molecule has 0 bridgehead atoms. The average molecular weight is 334 g/mol. The molecule has 0 amide bonds. The Morgan fingerprint density at radius 2 is 1.88 bits per heavy atom. The van der Waals surface area contributed by atoms with Crippen molar-refractivity contribution in [2.24, 2.45) is 0 Å². The molecule has 1 atom stereocenters. The molecular weight excluding hydrogens is 312 g/mol. The van der Waals surface area contributed by atoms with Gasteiger partial charge in [-0.3, -0.25) is 4.98 Å². The van der Waals surface area contributed by atoms with Gasteiger partial charge in [0.25, 0.3) is 0 Å². The van der Waals surface area contributed by atoms with Crippen molar-refractivity contribution in [1.82, 2.24) is 4.98 Å². The van der Waals surface area contributed by atoms with Crippen LogP contribution in [-0.4, -0.2) is 24.2 Å². The second-order valence-corrected chi connectivity index (χ2v) is 6.48. The Bertz CT molecular complexity index is 923. The SMILES string of the molecule is COc1ccccc1N(C)c1c2c(nc3ccccc13)CCCC2O. The maximum absolute atomic E-state index is 10.7. The number of benzene rings is 2. The summed E-state index contributed by atoms with van der Waals surface area (Å²) in [5.74, 6) is 0.810. The monoisotopic (exact) mass is 334 g/mol. The van der Waals surface area contributed by atoms with E-state index in [2.05, 4.69) is 11.0 Å². The molecule has 0 spiro atoms. The molecule has 25 heavy (non-hydrogen) atoms. The molecule has 1 aromatic heterocycles. The number of fused-ring (bicyclic) bond motifs is 2. The number of methoxy groups -OCH3 is 1. The molecule has 0 aliphatic heterocycles. The molecule has 4 nitrogen and oxygen atoms in total. The molecule has 1 N–H and O–H groups in total. The van der Waals surface area contributed by atoms with Crippen LogP contribution in [0, 0.1) is 0 Å². The van der Waals surface area contributed by atoms with Crippen LogP contribution in [0.3, 0.4) is 0 Å². The average Bonchev–Trinajstić information content (AvgIpc) is 2.66. The van der Waals surface area contributed by atoms with Gasteiger partial charge >= 0.3 is 0 Å². The van der Waals surface area contributed by atoms with Gasteiger partial charge in [-0.25, -0.2) is 0 Å². The van der Waals surface area contributed by atoms with Crippen molar-refractivity contribution < 1.29 is 9.84 Å². The summed E-state index contributed by atoms with van der Waals surface area (Å²) >= 11 is 0. The highest BCUT2D eigenvalue weighted by atomic mass is 16.5. The van der Waals surface area contributed by atoms with Crippen LogP contribution in [0.15, 0.2) is 48.5 Å². The van der Waals surface area contributed by atoms with Crippen molar-refractivity contribution in [1.29, 1.82) is 0 Å². The lowest BCUT2D eigenvalue weighted by Crippen LogP contribution is -2.20. The van der Waals surface area contributed by atoms with Gasteiger partial charge in [0.2, 0.25) is 0 Å². The number of ether oxygens (including phenoxy) is 1. The quantitative estimate of drug-likeness (QED) is 0.772. The normalized spacial score (nSPS) is 16.5. The van der Waals surface area contributed by atoms with Crippen molar-refractivity contribution in [3.63, 3.8) is 0 Å². The number of aliphatic hydroxyl groups is 1. The maximum Gasteiger partial charge on any atom is 0.142 e. The summed E-state index contributed by atoms with van der Waals surface area (Å²) in [5.41, 5.74) is 4.93. The number of pyridine rings is 1. The molecule has 0 fully saturated rings. The number of aromatic nitrogens is 1. The number of para-hydroxylation sites is 3. The van der Waals surface area contributed by atoms with E-state index in [0.29, 0.717) is 0 Å². The number of rotatable bonds is 3. The lowest BCUT2D eigenvalue weighted by Gasteiger charge is -2.31. The fourth-order valence-electron chi connectivity index (χ4n) is 3.80. The number of aliphatic hydroxyl groups excluding tert-OH is 1. The molecule has 1 unspecified atom stereocenters. The minimum Gasteiger partial charge on any atom is -0.495 e. The highest BCUT2D eigenvalue weighted by Crippen LogP contribution is 2.44. The summed E-state index contributed by atoms with van der Waals surface area (Å²) in [5, 5.41) is 11.8. The highest BCUT2D eigenvalue weighted by molar-refractivity contribution is 5.96. The predicted molar refractivity (Wildman–Crippen MR) is 101 cm³/mol. The number of hydrogen-bond donors (Lipinski definition) is 1. The van der Waals surface area contributed by atoms with Gasteiger partial charge in [0, 0.05) is 23.7 Å². The van der Waals surface area contributed by atoms with Crippen LogP contribution in [0.25, 0.3) is 10.9 Å². The summed E-state index contributed by atoms with van der Waals surface area (Å²) in [6.07, 6.45) is 2.18. The molecule has 128 valence electrons. The van der Waals surface area contributed by atoms with Gasteiger partial charge in [-0.05, 0) is 37.5 Å². The molecule has 1 aliphatic rings. The van der Waals surface area contributed by atoms with Crippen molar-refractivity contribution in [3.05, 3.63) is 59.8 Å². The minimum absolute atomic E-state index is 0.479. The van der Waals surface area contributed by atoms with Crippen LogP contribution >= 0.6 is 0 Å². The summed E-state index contributed by atoms with van der Waals surface area (Å²) in [6, 6.07) is 16.1. The number of aryl methyl sites for hydroxylation is 1. The number of nitrogens with zero attached hydrogens (tertiary/aromatic N) is 2. The van der Waals surface area contributed by atoms with E-state index in [0.717, 1.165) is 58.5 Å². The predicted octanol–water partition coefficient (Wildman–Crippen LogP) is 4.38. The first-order chi connectivity index (χ1) is 12.2. The van der Waals surface area contributed by atoms with E-state index in [1.54, 1.807) is 7.11 Å². The standard InChI is InChI=1S/C21H22N2O2/c1-23(17-11-5-6-13-19(17)25-2)21-14-8-3-4-9-15(14)22-16-10-7-12-18(24)20(16)21/h3-6,8-9,11,13,18,24H,7,10,12H2,1-2H3. The summed E-state index contributed by atoms with van der Waals surface area (Å²) < 4.78 is 5.55. The third kappa shape index (κ3) is 2.63. The number of hydrogen-bond acceptors (Lipinski definition) is 4. The van der Waals surface area contributed by atoms with Crippen LogP contribution in [0.5, 0.6) is 5.75 Å². The zero-order chi connectivity index (χ0) is 17.4. The molecule has 1 aliphatic carbocycles. The van der Waals surface area contributed by atoms with E-state index in [1.807, 2.05) is 49.5 Å². The molecule has 0 saturated heterocycles. The van der Waals surface area contributed by atoms with Gasteiger partial charge in [-0.2, -0.15) is 0 Å². The van der Waals surface area contributed by atoms with Crippen LogP contribution in [0.1, 0.15) is 30.2 Å². The second-order valence-electron chi connectivity index (χ2n) is 6.48. The topological polar surface area (TPSA) is 45.6 Å². The molecule has 2 aromatic carbocycles. The first kappa shape index (κ1) is 15.9. The Balaban J connectivity index is 2.01. The smallest absolute Gasteiger partial charge is 0.142 e. The molecular formula is C21H22N2O2. The van der Waals surface area contributed by atoms with Crippen LogP contribution in [-0.2, 0) is 6.42 Å². The summed E-state index contributed by atoms with van der Waals surface area (Å²) in [4.78, 5) is 6.95. The third-order valence-electron chi connectivity index (χ3n) is 4.99. The molecule has 0 saturated carbocycles. The van der Waals surface area contributed by atoms with Gasteiger partial charge in [-0.1, -0.05) is 30.3 Å². The lowest BCUT2D eigenvalue weighted by atomic mass is 9.89. The molecule has 0 radical (unpaired) electrons. The molecule has 3 aromatic rings. The van der Waals surface area contributed by atoms with Crippen LogP contribution < -0.4 is 9.64 Å². The maximum atomic E-state index is 10.7. The van der Waals surface area contributed by atoms with E-state index < -0.39 is 6.10 Å². The van der Waals surface area contributed by atoms with E-state index in [9.17, 15) is 5.11 Å². The fraction of sp³-hybridized carbons (Fsp3) is 0.286. The lowest BCUT2D eigenvalue weighted by molar-refractivity contribution is 0.156. The largest absolute Gasteiger partial charge is 0.495 e. The molecule has 4 heteroatoms. The molecule has 1 heterocycles. The Kier molecular flexibility index (Phi) is 4.06. The highest BCUT2D eigenvalue weighted by Gasteiger charge is 2.27. The van der Waals surface area contributed by atoms with Gasteiger partial charge in [-0.15, -0.1) is 0 Å².